The van der Waals surface area contributed by atoms with Crippen molar-refractivity contribution in [1.82, 2.24) is 4.72 Å². The highest BCUT2D eigenvalue weighted by Gasteiger charge is 2.18. The number of ether oxygens (including phenoxy) is 1. The Labute approximate surface area is 139 Å². The van der Waals surface area contributed by atoms with Gasteiger partial charge < -0.3 is 4.74 Å². The highest BCUT2D eigenvalue weighted by molar-refractivity contribution is 7.89. The molecule has 0 saturated carbocycles. The monoisotopic (exact) mass is 347 g/mol. The van der Waals surface area contributed by atoms with E-state index >= 15 is 0 Å². The van der Waals surface area contributed by atoms with Crippen LogP contribution < -0.4 is 9.46 Å². The highest BCUT2D eigenvalue weighted by Crippen LogP contribution is 2.31. The second kappa shape index (κ2) is 6.70. The average Bonchev–Trinajstić information content (AvgIpc) is 3.07. The van der Waals surface area contributed by atoms with Gasteiger partial charge in [0, 0.05) is 22.2 Å². The van der Waals surface area contributed by atoms with Crippen molar-refractivity contribution < 1.29 is 13.2 Å². The molecule has 0 aliphatic carbocycles. The minimum Gasteiger partial charge on any atom is -0.493 e. The predicted molar refractivity (Wildman–Crippen MR) is 93.5 cm³/mol. The third-order valence-electron chi connectivity index (χ3n) is 3.45. The van der Waals surface area contributed by atoms with Crippen LogP contribution in [0, 0.1) is 0 Å². The van der Waals surface area contributed by atoms with Gasteiger partial charge in [0.1, 0.15) is 5.75 Å². The summed E-state index contributed by atoms with van der Waals surface area (Å²) in [5.41, 5.74) is 0. The van der Waals surface area contributed by atoms with Gasteiger partial charge in [-0.2, -0.15) is 0 Å². The minimum absolute atomic E-state index is 0.271. The van der Waals surface area contributed by atoms with Crippen molar-refractivity contribution in [2.75, 3.05) is 6.61 Å². The average molecular weight is 347 g/mol. The van der Waals surface area contributed by atoms with Gasteiger partial charge in [-0.15, -0.1) is 11.3 Å². The van der Waals surface area contributed by atoms with Crippen LogP contribution in [0.2, 0.25) is 0 Å². The van der Waals surface area contributed by atoms with Gasteiger partial charge in [-0.05, 0) is 30.5 Å². The van der Waals surface area contributed by atoms with Crippen LogP contribution in [-0.2, 0) is 16.6 Å². The molecule has 0 fully saturated rings. The Bertz CT molecular complexity index is 903. The first-order valence-corrected chi connectivity index (χ1v) is 9.64. The number of benzene rings is 2. The number of fused-ring (bicyclic) bond motifs is 1. The topological polar surface area (TPSA) is 55.4 Å². The zero-order valence-corrected chi connectivity index (χ0v) is 14.3. The fourth-order valence-electron chi connectivity index (χ4n) is 2.42. The SMILES string of the molecule is CCOc1ccc(S(=O)(=O)NCc2cccs2)c2ccccc12. The molecule has 120 valence electrons. The molecule has 6 heteroatoms. The molecule has 0 saturated heterocycles. The van der Waals surface area contributed by atoms with E-state index in [4.69, 9.17) is 4.74 Å². The van der Waals surface area contributed by atoms with Crippen molar-refractivity contribution in [1.29, 1.82) is 0 Å². The number of nitrogens with one attached hydrogen (secondary N) is 1. The van der Waals surface area contributed by atoms with Crippen molar-refractivity contribution >= 4 is 32.1 Å². The van der Waals surface area contributed by atoms with Crippen LogP contribution in [0.4, 0.5) is 0 Å². The third-order valence-corrected chi connectivity index (χ3v) is 5.79. The summed E-state index contributed by atoms with van der Waals surface area (Å²) in [5.74, 6) is 0.695. The van der Waals surface area contributed by atoms with E-state index in [-0.39, 0.29) is 4.90 Å². The molecule has 3 rings (SSSR count). The maximum atomic E-state index is 12.7. The van der Waals surface area contributed by atoms with Crippen LogP contribution in [0.15, 0.2) is 58.8 Å². The van der Waals surface area contributed by atoms with Crippen LogP contribution in [0.5, 0.6) is 5.75 Å². The molecule has 1 N–H and O–H groups in total. The molecule has 0 amide bonds. The molecule has 0 unspecified atom stereocenters. The molecule has 3 aromatic rings. The van der Waals surface area contributed by atoms with Gasteiger partial charge in [0.15, 0.2) is 0 Å². The minimum atomic E-state index is -3.59. The van der Waals surface area contributed by atoms with Gasteiger partial charge in [-0.1, -0.05) is 30.3 Å². The Kier molecular flexibility index (Phi) is 4.66. The van der Waals surface area contributed by atoms with E-state index in [1.54, 1.807) is 18.2 Å². The molecule has 4 nitrogen and oxygen atoms in total. The van der Waals surface area contributed by atoms with E-state index in [0.717, 1.165) is 10.3 Å². The summed E-state index contributed by atoms with van der Waals surface area (Å²) in [6.45, 7) is 2.73. The van der Waals surface area contributed by atoms with Crippen LogP contribution >= 0.6 is 11.3 Å². The maximum Gasteiger partial charge on any atom is 0.241 e. The van der Waals surface area contributed by atoms with Gasteiger partial charge in [-0.25, -0.2) is 13.1 Å². The van der Waals surface area contributed by atoms with Gasteiger partial charge in [0.2, 0.25) is 10.0 Å². The summed E-state index contributed by atoms with van der Waals surface area (Å²) in [7, 11) is -3.59. The molecule has 0 aliphatic rings. The molecule has 2 aromatic carbocycles. The fraction of sp³-hybridized carbons (Fsp3) is 0.176. The van der Waals surface area contributed by atoms with E-state index in [1.165, 1.54) is 11.3 Å². The largest absolute Gasteiger partial charge is 0.493 e. The molecule has 1 aromatic heterocycles. The summed E-state index contributed by atoms with van der Waals surface area (Å²) in [6.07, 6.45) is 0. The fourth-order valence-corrected chi connectivity index (χ4v) is 4.37. The third kappa shape index (κ3) is 3.39. The summed E-state index contributed by atoms with van der Waals surface area (Å²) in [4.78, 5) is 1.25. The second-order valence-electron chi connectivity index (χ2n) is 4.94. The van der Waals surface area contributed by atoms with Crippen LogP contribution in [0.25, 0.3) is 10.8 Å². The molecule has 1 heterocycles. The van der Waals surface area contributed by atoms with E-state index in [2.05, 4.69) is 4.72 Å². The Hall–Kier alpha value is -1.89. The maximum absolute atomic E-state index is 12.7. The Balaban J connectivity index is 2.00. The Morgan fingerprint density at radius 3 is 2.52 bits per heavy atom. The predicted octanol–water partition coefficient (Wildman–Crippen LogP) is 3.78. The summed E-state index contributed by atoms with van der Waals surface area (Å²) < 4.78 is 33.6. The van der Waals surface area contributed by atoms with Crippen molar-refractivity contribution in [3.8, 4) is 5.75 Å². The van der Waals surface area contributed by atoms with Crippen molar-refractivity contribution in [3.63, 3.8) is 0 Å². The van der Waals surface area contributed by atoms with Crippen LogP contribution in [-0.4, -0.2) is 15.0 Å². The first kappa shape index (κ1) is 16.0. The summed E-state index contributed by atoms with van der Waals surface area (Å²) in [6, 6.07) is 14.5. The molecular weight excluding hydrogens is 330 g/mol. The van der Waals surface area contributed by atoms with E-state index in [9.17, 15) is 8.42 Å². The Morgan fingerprint density at radius 1 is 1.04 bits per heavy atom. The number of hydrogen-bond donors (Lipinski definition) is 1. The smallest absolute Gasteiger partial charge is 0.241 e. The molecule has 0 atom stereocenters. The molecule has 0 bridgehead atoms. The molecule has 23 heavy (non-hydrogen) atoms. The Morgan fingerprint density at radius 2 is 1.83 bits per heavy atom. The van der Waals surface area contributed by atoms with Gasteiger partial charge in [-0.3, -0.25) is 0 Å². The molecule has 0 aliphatic heterocycles. The van der Waals surface area contributed by atoms with E-state index in [0.29, 0.717) is 24.3 Å². The van der Waals surface area contributed by atoms with E-state index < -0.39 is 10.0 Å². The standard InChI is InChI=1S/C17H17NO3S2/c1-2-21-16-9-10-17(15-8-4-3-7-14(15)16)23(19,20)18-12-13-6-5-11-22-13/h3-11,18H,2,12H2,1H3. The quantitative estimate of drug-likeness (QED) is 0.738. The van der Waals surface area contributed by atoms with E-state index in [1.807, 2.05) is 42.6 Å². The summed E-state index contributed by atoms with van der Waals surface area (Å²) >= 11 is 1.52. The van der Waals surface area contributed by atoms with Gasteiger partial charge in [0.25, 0.3) is 0 Å². The molecular formula is C17H17NO3S2. The number of hydrogen-bond acceptors (Lipinski definition) is 4. The lowest BCUT2D eigenvalue weighted by atomic mass is 10.1. The number of rotatable bonds is 6. The number of thiophene rings is 1. The zero-order chi connectivity index (χ0) is 16.3. The lowest BCUT2D eigenvalue weighted by molar-refractivity contribution is 0.344. The van der Waals surface area contributed by atoms with Crippen LogP contribution in [0.1, 0.15) is 11.8 Å². The summed E-state index contributed by atoms with van der Waals surface area (Å²) in [5, 5.41) is 3.39. The lowest BCUT2D eigenvalue weighted by Crippen LogP contribution is -2.23. The lowest BCUT2D eigenvalue weighted by Gasteiger charge is -2.12. The van der Waals surface area contributed by atoms with Gasteiger partial charge in [0.05, 0.1) is 11.5 Å². The highest BCUT2D eigenvalue weighted by atomic mass is 32.2. The van der Waals surface area contributed by atoms with Crippen LogP contribution in [0.3, 0.4) is 0 Å². The zero-order valence-electron chi connectivity index (χ0n) is 12.7. The van der Waals surface area contributed by atoms with Crippen molar-refractivity contribution in [3.05, 3.63) is 58.8 Å². The normalized spacial score (nSPS) is 11.7. The van der Waals surface area contributed by atoms with Crippen molar-refractivity contribution in [2.45, 2.75) is 18.4 Å². The number of sulfonamides is 1. The second-order valence-corrected chi connectivity index (χ2v) is 7.71. The first-order chi connectivity index (χ1) is 11.1. The molecule has 0 radical (unpaired) electrons. The van der Waals surface area contributed by atoms with Crippen molar-refractivity contribution in [2.24, 2.45) is 0 Å². The first-order valence-electron chi connectivity index (χ1n) is 7.28. The molecule has 0 spiro atoms. The van der Waals surface area contributed by atoms with Gasteiger partial charge >= 0.3 is 0 Å².